The van der Waals surface area contributed by atoms with Crippen LogP contribution >= 0.6 is 15.9 Å². The van der Waals surface area contributed by atoms with E-state index in [1.165, 1.54) is 12.1 Å². The number of hydrogen-bond acceptors (Lipinski definition) is 2. The van der Waals surface area contributed by atoms with Gasteiger partial charge in [0.25, 0.3) is 0 Å². The van der Waals surface area contributed by atoms with Crippen molar-refractivity contribution in [2.45, 2.75) is 13.0 Å². The van der Waals surface area contributed by atoms with Gasteiger partial charge in [-0.3, -0.25) is 4.98 Å². The molecular weight excluding hydrogens is 295 g/mol. The highest BCUT2D eigenvalue weighted by atomic mass is 79.9. The Labute approximate surface area is 114 Å². The summed E-state index contributed by atoms with van der Waals surface area (Å²) in [6.45, 7) is 1.56. The zero-order chi connectivity index (χ0) is 12.8. The predicted molar refractivity (Wildman–Crippen MR) is 73.7 cm³/mol. The molecule has 18 heavy (non-hydrogen) atoms. The highest BCUT2D eigenvalue weighted by Crippen LogP contribution is 2.17. The van der Waals surface area contributed by atoms with E-state index in [9.17, 15) is 4.39 Å². The molecule has 0 unspecified atom stereocenters. The molecule has 1 heterocycles. The number of nitrogens with zero attached hydrogens (tertiary/aromatic N) is 1. The molecule has 0 atom stereocenters. The summed E-state index contributed by atoms with van der Waals surface area (Å²) in [5.74, 6) is -0.223. The van der Waals surface area contributed by atoms with Crippen LogP contribution in [0.5, 0.6) is 0 Å². The molecule has 1 N–H and O–H groups in total. The highest BCUT2D eigenvalue weighted by Gasteiger charge is 2.01. The number of nitrogens with one attached hydrogen (secondary N) is 1. The monoisotopic (exact) mass is 308 g/mol. The Bertz CT molecular complexity index is 502. The van der Waals surface area contributed by atoms with E-state index in [-0.39, 0.29) is 5.82 Å². The lowest BCUT2D eigenvalue weighted by Gasteiger charge is -2.06. The van der Waals surface area contributed by atoms with Crippen molar-refractivity contribution < 1.29 is 4.39 Å². The van der Waals surface area contributed by atoms with Gasteiger partial charge in [0.2, 0.25) is 0 Å². The molecule has 0 aliphatic heterocycles. The smallest absolute Gasteiger partial charge is 0.124 e. The second-order valence-corrected chi connectivity index (χ2v) is 4.84. The van der Waals surface area contributed by atoms with Crippen LogP contribution in [0.2, 0.25) is 0 Å². The van der Waals surface area contributed by atoms with Crippen LogP contribution in [0.15, 0.2) is 47.1 Å². The molecule has 1 aromatic carbocycles. The van der Waals surface area contributed by atoms with Crippen molar-refractivity contribution in [1.29, 1.82) is 0 Å². The maximum atomic E-state index is 12.9. The van der Waals surface area contributed by atoms with Crippen molar-refractivity contribution in [3.05, 3.63) is 64.1 Å². The van der Waals surface area contributed by atoms with Crippen LogP contribution in [0.1, 0.15) is 11.3 Å². The van der Waals surface area contributed by atoms with Crippen molar-refractivity contribution in [3.63, 3.8) is 0 Å². The maximum absolute atomic E-state index is 12.9. The van der Waals surface area contributed by atoms with Gasteiger partial charge >= 0.3 is 0 Å². The highest BCUT2D eigenvalue weighted by molar-refractivity contribution is 9.10. The Morgan fingerprint density at radius 3 is 2.83 bits per heavy atom. The molecule has 0 spiro atoms. The third kappa shape index (κ3) is 3.89. The molecule has 0 radical (unpaired) electrons. The fourth-order valence-electron chi connectivity index (χ4n) is 1.65. The van der Waals surface area contributed by atoms with Gasteiger partial charge in [0.05, 0.1) is 0 Å². The first-order valence-electron chi connectivity index (χ1n) is 5.80. The van der Waals surface area contributed by atoms with Crippen LogP contribution in [0.25, 0.3) is 0 Å². The first kappa shape index (κ1) is 13.2. The Hall–Kier alpha value is -1.26. The van der Waals surface area contributed by atoms with Crippen LogP contribution in [0.3, 0.4) is 0 Å². The van der Waals surface area contributed by atoms with Crippen molar-refractivity contribution in [3.8, 4) is 0 Å². The number of aromatic nitrogens is 1. The van der Waals surface area contributed by atoms with E-state index >= 15 is 0 Å². The Morgan fingerprint density at radius 2 is 2.11 bits per heavy atom. The van der Waals surface area contributed by atoms with Crippen LogP contribution < -0.4 is 5.32 Å². The normalized spacial score (nSPS) is 10.6. The summed E-state index contributed by atoms with van der Waals surface area (Å²) in [4.78, 5) is 4.25. The second-order valence-electron chi connectivity index (χ2n) is 3.98. The average Bonchev–Trinajstić information content (AvgIpc) is 2.38. The van der Waals surface area contributed by atoms with Crippen LogP contribution in [0, 0.1) is 5.82 Å². The molecule has 2 nitrogen and oxygen atoms in total. The zero-order valence-electron chi connectivity index (χ0n) is 9.87. The standard InChI is InChI=1S/C14H14BrFN2/c15-14-9-12(16)5-4-11(14)10-17-8-6-13-3-1-2-7-18-13/h1-5,7,9,17H,6,8,10H2. The minimum absolute atomic E-state index is 0.223. The average molecular weight is 309 g/mol. The minimum atomic E-state index is -0.223. The predicted octanol–water partition coefficient (Wildman–Crippen LogP) is 3.32. The van der Waals surface area contributed by atoms with Gasteiger partial charge in [-0.1, -0.05) is 28.1 Å². The van der Waals surface area contributed by atoms with E-state index in [1.54, 1.807) is 12.3 Å². The van der Waals surface area contributed by atoms with Gasteiger partial charge in [-0.25, -0.2) is 4.39 Å². The van der Waals surface area contributed by atoms with E-state index < -0.39 is 0 Å². The summed E-state index contributed by atoms with van der Waals surface area (Å²) >= 11 is 3.35. The molecule has 0 bridgehead atoms. The van der Waals surface area contributed by atoms with Gasteiger partial charge in [0.15, 0.2) is 0 Å². The molecule has 0 amide bonds. The van der Waals surface area contributed by atoms with Crippen molar-refractivity contribution in [2.75, 3.05) is 6.54 Å². The van der Waals surface area contributed by atoms with E-state index in [0.717, 1.165) is 28.7 Å². The lowest BCUT2D eigenvalue weighted by Crippen LogP contribution is -2.17. The minimum Gasteiger partial charge on any atom is -0.312 e. The molecular formula is C14H14BrFN2. The second kappa shape index (κ2) is 6.61. The summed E-state index contributed by atoms with van der Waals surface area (Å²) in [5, 5.41) is 3.32. The Balaban J connectivity index is 1.79. The van der Waals surface area contributed by atoms with Gasteiger partial charge in [-0.2, -0.15) is 0 Å². The third-order valence-corrected chi connectivity index (χ3v) is 3.35. The number of hydrogen-bond donors (Lipinski definition) is 1. The van der Waals surface area contributed by atoms with E-state index in [2.05, 4.69) is 26.2 Å². The summed E-state index contributed by atoms with van der Waals surface area (Å²) < 4.78 is 13.7. The van der Waals surface area contributed by atoms with Gasteiger partial charge in [-0.15, -0.1) is 0 Å². The maximum Gasteiger partial charge on any atom is 0.124 e. The Morgan fingerprint density at radius 1 is 1.22 bits per heavy atom. The quantitative estimate of drug-likeness (QED) is 0.857. The van der Waals surface area contributed by atoms with Gasteiger partial charge in [0.1, 0.15) is 5.82 Å². The molecule has 2 aromatic rings. The summed E-state index contributed by atoms with van der Waals surface area (Å²) in [6, 6.07) is 10.6. The van der Waals surface area contributed by atoms with E-state index in [0.29, 0.717) is 6.54 Å². The van der Waals surface area contributed by atoms with Gasteiger partial charge < -0.3 is 5.32 Å². The first-order valence-corrected chi connectivity index (χ1v) is 6.59. The summed E-state index contributed by atoms with van der Waals surface area (Å²) in [6.07, 6.45) is 2.69. The number of benzene rings is 1. The molecule has 0 fully saturated rings. The molecule has 0 saturated carbocycles. The van der Waals surface area contributed by atoms with E-state index in [1.807, 2.05) is 18.2 Å². The van der Waals surface area contributed by atoms with Crippen molar-refractivity contribution in [1.82, 2.24) is 10.3 Å². The summed E-state index contributed by atoms with van der Waals surface area (Å²) in [7, 11) is 0. The number of pyridine rings is 1. The fraction of sp³-hybridized carbons (Fsp3) is 0.214. The fourth-order valence-corrected chi connectivity index (χ4v) is 2.14. The molecule has 0 aliphatic rings. The molecule has 0 aliphatic carbocycles. The lowest BCUT2D eigenvalue weighted by molar-refractivity contribution is 0.623. The van der Waals surface area contributed by atoms with Crippen molar-refractivity contribution in [2.24, 2.45) is 0 Å². The van der Waals surface area contributed by atoms with E-state index in [4.69, 9.17) is 0 Å². The number of rotatable bonds is 5. The largest absolute Gasteiger partial charge is 0.312 e. The molecule has 0 saturated heterocycles. The lowest BCUT2D eigenvalue weighted by atomic mass is 10.2. The molecule has 94 valence electrons. The third-order valence-electron chi connectivity index (χ3n) is 2.61. The first-order chi connectivity index (χ1) is 8.75. The molecule has 4 heteroatoms. The molecule has 1 aromatic heterocycles. The Kier molecular flexibility index (Phi) is 4.84. The van der Waals surface area contributed by atoms with Crippen LogP contribution in [-0.2, 0) is 13.0 Å². The van der Waals surface area contributed by atoms with Crippen molar-refractivity contribution >= 4 is 15.9 Å². The topological polar surface area (TPSA) is 24.9 Å². The molecule has 2 rings (SSSR count). The van der Waals surface area contributed by atoms with Gasteiger partial charge in [-0.05, 0) is 29.8 Å². The number of halogens is 2. The van der Waals surface area contributed by atoms with Crippen LogP contribution in [0.4, 0.5) is 4.39 Å². The van der Waals surface area contributed by atoms with Crippen LogP contribution in [-0.4, -0.2) is 11.5 Å². The van der Waals surface area contributed by atoms with Gasteiger partial charge in [0, 0.05) is 35.9 Å². The zero-order valence-corrected chi connectivity index (χ0v) is 11.5. The SMILES string of the molecule is Fc1ccc(CNCCc2ccccn2)c(Br)c1. The summed E-state index contributed by atoms with van der Waals surface area (Å²) in [5.41, 5.74) is 2.13.